The minimum Gasteiger partial charge on any atom is -0.481 e. The summed E-state index contributed by atoms with van der Waals surface area (Å²) in [5.74, 6) is 0.508. The van der Waals surface area contributed by atoms with Crippen molar-refractivity contribution in [2.45, 2.75) is 33.1 Å². The van der Waals surface area contributed by atoms with Crippen LogP contribution in [0.25, 0.3) is 11.0 Å². The molecule has 0 atom stereocenters. The second-order valence-electron chi connectivity index (χ2n) is 6.84. The van der Waals surface area contributed by atoms with Crippen molar-refractivity contribution in [2.24, 2.45) is 0 Å². The highest BCUT2D eigenvalue weighted by atomic mass is 16.6. The van der Waals surface area contributed by atoms with Gasteiger partial charge in [-0.3, -0.25) is 0 Å². The maximum atomic E-state index is 12.2. The lowest BCUT2D eigenvalue weighted by atomic mass is 10.1. The number of aryl methyl sites for hydroxylation is 3. The van der Waals surface area contributed by atoms with E-state index in [0.717, 1.165) is 46.9 Å². The number of fused-ring (bicyclic) bond motifs is 3. The quantitative estimate of drug-likeness (QED) is 0.399. The van der Waals surface area contributed by atoms with Gasteiger partial charge in [0.05, 0.1) is 0 Å². The van der Waals surface area contributed by atoms with Crippen LogP contribution in [0.15, 0.2) is 45.6 Å². The molecule has 27 heavy (non-hydrogen) atoms. The van der Waals surface area contributed by atoms with Crippen LogP contribution in [0.1, 0.15) is 28.7 Å². The monoisotopic (exact) mass is 364 g/mol. The fourth-order valence-electron chi connectivity index (χ4n) is 3.65. The summed E-state index contributed by atoms with van der Waals surface area (Å²) in [7, 11) is 0. The number of hydrogen-bond donors (Lipinski definition) is 0. The van der Waals surface area contributed by atoms with E-state index in [4.69, 9.17) is 13.9 Å². The van der Waals surface area contributed by atoms with Crippen LogP contribution in [0.5, 0.6) is 11.5 Å². The Morgan fingerprint density at radius 2 is 1.81 bits per heavy atom. The van der Waals surface area contributed by atoms with Crippen LogP contribution in [0.4, 0.5) is 0 Å². The molecule has 1 aliphatic carbocycles. The van der Waals surface area contributed by atoms with E-state index in [1.165, 1.54) is 0 Å². The summed E-state index contributed by atoms with van der Waals surface area (Å²) in [4.78, 5) is 24.2. The number of para-hydroxylation sites is 1. The Bertz CT molecular complexity index is 1070. The average Bonchev–Trinajstić information content (AvgIpc) is 3.12. The van der Waals surface area contributed by atoms with Gasteiger partial charge < -0.3 is 13.9 Å². The molecule has 0 saturated heterocycles. The molecule has 0 spiro atoms. The van der Waals surface area contributed by atoms with E-state index in [1.54, 1.807) is 12.1 Å². The average molecular weight is 364 g/mol. The Hall–Kier alpha value is -3.08. The van der Waals surface area contributed by atoms with Gasteiger partial charge in [0.25, 0.3) is 0 Å². The van der Waals surface area contributed by atoms with Gasteiger partial charge in [0.2, 0.25) is 0 Å². The van der Waals surface area contributed by atoms with Gasteiger partial charge in [-0.25, -0.2) is 9.59 Å². The molecule has 0 saturated carbocycles. The third kappa shape index (κ3) is 3.33. The van der Waals surface area contributed by atoms with Crippen molar-refractivity contribution >= 4 is 16.9 Å². The number of esters is 1. The predicted molar refractivity (Wildman–Crippen MR) is 102 cm³/mol. The summed E-state index contributed by atoms with van der Waals surface area (Å²) in [6.45, 7) is 3.66. The Labute approximate surface area is 156 Å². The van der Waals surface area contributed by atoms with E-state index in [9.17, 15) is 9.59 Å². The smallest absolute Gasteiger partial charge is 0.349 e. The van der Waals surface area contributed by atoms with Gasteiger partial charge in [-0.05, 0) is 61.9 Å². The normalized spacial score (nSPS) is 12.8. The molecule has 1 heterocycles. The molecule has 2 aromatic carbocycles. The molecule has 0 aliphatic heterocycles. The summed E-state index contributed by atoms with van der Waals surface area (Å²) in [6, 6.07) is 11.0. The second-order valence-corrected chi connectivity index (χ2v) is 6.84. The van der Waals surface area contributed by atoms with Gasteiger partial charge >= 0.3 is 11.6 Å². The molecule has 5 nitrogen and oxygen atoms in total. The zero-order valence-electron chi connectivity index (χ0n) is 15.3. The summed E-state index contributed by atoms with van der Waals surface area (Å²) in [5, 5.41) is 0.911. The number of hydrogen-bond acceptors (Lipinski definition) is 5. The van der Waals surface area contributed by atoms with Crippen molar-refractivity contribution in [1.29, 1.82) is 0 Å². The zero-order chi connectivity index (χ0) is 19.0. The number of carbonyl (C=O) groups excluding carboxylic acids is 1. The first kappa shape index (κ1) is 17.3. The Morgan fingerprint density at radius 3 is 2.59 bits per heavy atom. The van der Waals surface area contributed by atoms with E-state index in [0.29, 0.717) is 17.1 Å². The van der Waals surface area contributed by atoms with Crippen molar-refractivity contribution < 1.29 is 18.7 Å². The molecule has 0 bridgehead atoms. The van der Waals surface area contributed by atoms with E-state index in [-0.39, 0.29) is 12.2 Å². The summed E-state index contributed by atoms with van der Waals surface area (Å²) < 4.78 is 16.4. The molecule has 0 radical (unpaired) electrons. The molecule has 0 amide bonds. The highest BCUT2D eigenvalue weighted by Gasteiger charge is 2.20. The number of ether oxygens (including phenoxy) is 2. The summed E-state index contributed by atoms with van der Waals surface area (Å²) in [5.41, 5.74) is 3.90. The lowest BCUT2D eigenvalue weighted by Gasteiger charge is -2.11. The minimum absolute atomic E-state index is 0.197. The van der Waals surface area contributed by atoms with Crippen molar-refractivity contribution in [1.82, 2.24) is 0 Å². The third-order valence-electron chi connectivity index (χ3n) is 4.92. The van der Waals surface area contributed by atoms with Crippen molar-refractivity contribution in [3.8, 4) is 11.5 Å². The molecule has 5 heteroatoms. The summed E-state index contributed by atoms with van der Waals surface area (Å²) >= 11 is 0. The van der Waals surface area contributed by atoms with Crippen molar-refractivity contribution in [3.63, 3.8) is 0 Å². The van der Waals surface area contributed by atoms with Crippen LogP contribution in [0.3, 0.4) is 0 Å². The van der Waals surface area contributed by atoms with Crippen LogP contribution in [0, 0.1) is 13.8 Å². The largest absolute Gasteiger partial charge is 0.481 e. The molecular formula is C22H20O5. The van der Waals surface area contributed by atoms with E-state index < -0.39 is 5.97 Å². The molecule has 0 N–H and O–H groups in total. The number of benzene rings is 2. The standard InChI is InChI=1S/C22H20O5/c1-13-5-3-6-14(2)21(13)25-12-20(23)26-15-9-10-17-16-7-4-8-18(16)22(24)27-19(17)11-15/h3,5-6,9-11H,4,7-8,12H2,1-2H3. The first-order chi connectivity index (χ1) is 13.0. The van der Waals surface area contributed by atoms with Crippen LogP contribution in [-0.2, 0) is 17.6 Å². The first-order valence-electron chi connectivity index (χ1n) is 9.01. The molecule has 1 aromatic heterocycles. The Balaban J connectivity index is 1.51. The molecule has 0 fully saturated rings. The van der Waals surface area contributed by atoms with Crippen LogP contribution in [0.2, 0.25) is 0 Å². The Morgan fingerprint density at radius 1 is 1.07 bits per heavy atom. The van der Waals surface area contributed by atoms with Gasteiger partial charge in [0, 0.05) is 17.0 Å². The molecule has 1 aliphatic rings. The molecular weight excluding hydrogens is 344 g/mol. The van der Waals surface area contributed by atoms with E-state index in [1.807, 2.05) is 38.1 Å². The maximum absolute atomic E-state index is 12.2. The highest BCUT2D eigenvalue weighted by Crippen LogP contribution is 2.29. The Kier molecular flexibility index (Phi) is 4.44. The van der Waals surface area contributed by atoms with E-state index >= 15 is 0 Å². The van der Waals surface area contributed by atoms with Crippen molar-refractivity contribution in [3.05, 3.63) is 69.1 Å². The predicted octanol–water partition coefficient (Wildman–Crippen LogP) is 3.88. The van der Waals surface area contributed by atoms with Gasteiger partial charge in [-0.2, -0.15) is 0 Å². The van der Waals surface area contributed by atoms with Gasteiger partial charge in [0.1, 0.15) is 17.1 Å². The van der Waals surface area contributed by atoms with Gasteiger partial charge in [-0.1, -0.05) is 18.2 Å². The second kappa shape index (κ2) is 6.91. The number of carbonyl (C=O) groups is 1. The van der Waals surface area contributed by atoms with E-state index in [2.05, 4.69) is 0 Å². The maximum Gasteiger partial charge on any atom is 0.349 e. The topological polar surface area (TPSA) is 65.7 Å². The fourth-order valence-corrected chi connectivity index (χ4v) is 3.65. The van der Waals surface area contributed by atoms with Crippen LogP contribution in [-0.4, -0.2) is 12.6 Å². The molecule has 138 valence electrons. The van der Waals surface area contributed by atoms with Crippen LogP contribution >= 0.6 is 0 Å². The third-order valence-corrected chi connectivity index (χ3v) is 4.92. The lowest BCUT2D eigenvalue weighted by molar-refractivity contribution is -0.136. The fraction of sp³-hybridized carbons (Fsp3) is 0.273. The highest BCUT2D eigenvalue weighted by molar-refractivity contribution is 5.84. The van der Waals surface area contributed by atoms with Gasteiger partial charge in [-0.15, -0.1) is 0 Å². The lowest BCUT2D eigenvalue weighted by Crippen LogP contribution is -2.18. The van der Waals surface area contributed by atoms with Gasteiger partial charge in [0.15, 0.2) is 6.61 Å². The first-order valence-corrected chi connectivity index (χ1v) is 9.01. The molecule has 0 unspecified atom stereocenters. The zero-order valence-corrected chi connectivity index (χ0v) is 15.3. The summed E-state index contributed by atoms with van der Waals surface area (Å²) in [6.07, 6.45) is 2.60. The minimum atomic E-state index is -0.513. The molecule has 3 aromatic rings. The number of rotatable bonds is 4. The van der Waals surface area contributed by atoms with Crippen molar-refractivity contribution in [2.75, 3.05) is 6.61 Å². The SMILES string of the molecule is Cc1cccc(C)c1OCC(=O)Oc1ccc2c3c(c(=O)oc2c1)CCC3. The van der Waals surface area contributed by atoms with Crippen LogP contribution < -0.4 is 15.1 Å². The molecule has 4 rings (SSSR count).